The summed E-state index contributed by atoms with van der Waals surface area (Å²) in [5.74, 6) is -2.05. The highest BCUT2D eigenvalue weighted by molar-refractivity contribution is 6.09. The lowest BCUT2D eigenvalue weighted by Crippen LogP contribution is -2.23. The van der Waals surface area contributed by atoms with E-state index >= 15 is 0 Å². The number of aryl methyl sites for hydroxylation is 2. The van der Waals surface area contributed by atoms with Gasteiger partial charge in [0.05, 0.1) is 41.2 Å². The lowest BCUT2D eigenvalue weighted by Gasteiger charge is -2.10. The summed E-state index contributed by atoms with van der Waals surface area (Å²) in [5, 5.41) is 26.4. The molecule has 0 radical (unpaired) electrons. The van der Waals surface area contributed by atoms with Crippen molar-refractivity contribution < 1.29 is 19.5 Å². The van der Waals surface area contributed by atoms with E-state index in [1.807, 2.05) is 13.8 Å². The third-order valence-corrected chi connectivity index (χ3v) is 4.30. The van der Waals surface area contributed by atoms with E-state index in [4.69, 9.17) is 5.11 Å². The van der Waals surface area contributed by atoms with Crippen LogP contribution in [-0.4, -0.2) is 52.2 Å². The maximum absolute atomic E-state index is 12.8. The number of carbonyl (C=O) groups is 3. The number of carboxylic acids is 1. The van der Waals surface area contributed by atoms with Crippen molar-refractivity contribution in [1.82, 2.24) is 29.3 Å². The number of hydrogen-bond acceptors (Lipinski definition) is 6. The van der Waals surface area contributed by atoms with Crippen LogP contribution in [0.25, 0.3) is 0 Å². The Balaban J connectivity index is 1.76. The van der Waals surface area contributed by atoms with Crippen LogP contribution >= 0.6 is 0 Å². The summed E-state index contributed by atoms with van der Waals surface area (Å²) in [7, 11) is 1.76. The van der Waals surface area contributed by atoms with Crippen molar-refractivity contribution in [3.05, 3.63) is 41.7 Å². The fraction of sp³-hybridized carbons (Fsp3) is 0.294. The van der Waals surface area contributed by atoms with E-state index in [-0.39, 0.29) is 23.5 Å². The van der Waals surface area contributed by atoms with Crippen LogP contribution in [0.1, 0.15) is 33.5 Å². The van der Waals surface area contributed by atoms with Crippen molar-refractivity contribution in [1.29, 1.82) is 0 Å². The number of carbonyl (C=O) groups excluding carboxylic acids is 2. The van der Waals surface area contributed by atoms with E-state index in [1.54, 1.807) is 11.7 Å². The van der Waals surface area contributed by atoms with Crippen molar-refractivity contribution in [2.45, 2.75) is 26.9 Å². The molecule has 3 rings (SSSR count). The van der Waals surface area contributed by atoms with Gasteiger partial charge in [0.2, 0.25) is 5.91 Å². The van der Waals surface area contributed by atoms with E-state index < -0.39 is 17.8 Å². The standard InChI is InChI=1S/C17H20N8O4/c1-4-25-15(16(27)22-12-6-18-23(3)10(12)2)13(7-20-25)21-14(26)9-24-8-11(5-19-24)17(28)29/h5-8H,4,9H2,1-3H3,(H,21,26)(H,22,27)(H,28,29). The molecule has 0 saturated heterocycles. The number of rotatable bonds is 7. The molecule has 0 atom stereocenters. The second kappa shape index (κ2) is 7.96. The number of aromatic nitrogens is 6. The Morgan fingerprint density at radius 3 is 2.38 bits per heavy atom. The second-order valence-corrected chi connectivity index (χ2v) is 6.22. The molecule has 0 aliphatic heterocycles. The van der Waals surface area contributed by atoms with Gasteiger partial charge < -0.3 is 15.7 Å². The van der Waals surface area contributed by atoms with E-state index in [2.05, 4.69) is 25.9 Å². The summed E-state index contributed by atoms with van der Waals surface area (Å²) in [6.07, 6.45) is 5.32. The Bertz CT molecular complexity index is 1080. The average molecular weight is 400 g/mol. The summed E-state index contributed by atoms with van der Waals surface area (Å²) >= 11 is 0. The van der Waals surface area contributed by atoms with Crippen molar-refractivity contribution in [2.24, 2.45) is 7.05 Å². The topological polar surface area (TPSA) is 149 Å². The quantitative estimate of drug-likeness (QED) is 0.529. The van der Waals surface area contributed by atoms with E-state index in [0.717, 1.165) is 11.9 Å². The Kier molecular flexibility index (Phi) is 5.43. The monoisotopic (exact) mass is 400 g/mol. The Morgan fingerprint density at radius 2 is 1.79 bits per heavy atom. The van der Waals surface area contributed by atoms with Gasteiger partial charge in [-0.05, 0) is 13.8 Å². The first kappa shape index (κ1) is 19.8. The normalized spacial score (nSPS) is 10.7. The minimum absolute atomic E-state index is 0.0245. The zero-order valence-corrected chi connectivity index (χ0v) is 16.1. The summed E-state index contributed by atoms with van der Waals surface area (Å²) < 4.78 is 4.29. The van der Waals surface area contributed by atoms with Crippen LogP contribution in [-0.2, 0) is 24.9 Å². The van der Waals surface area contributed by atoms with Gasteiger partial charge in [0.25, 0.3) is 5.91 Å². The van der Waals surface area contributed by atoms with Crippen molar-refractivity contribution in [3.8, 4) is 0 Å². The molecule has 3 heterocycles. The first-order valence-electron chi connectivity index (χ1n) is 8.71. The predicted octanol–water partition coefficient (Wildman–Crippen LogP) is 0.731. The fourth-order valence-electron chi connectivity index (χ4n) is 2.66. The Labute approximate surface area is 165 Å². The molecule has 0 spiro atoms. The fourth-order valence-corrected chi connectivity index (χ4v) is 2.66. The summed E-state index contributed by atoms with van der Waals surface area (Å²) in [6, 6.07) is 0. The van der Waals surface area contributed by atoms with Gasteiger partial charge >= 0.3 is 5.97 Å². The van der Waals surface area contributed by atoms with Crippen LogP contribution in [0.4, 0.5) is 11.4 Å². The largest absolute Gasteiger partial charge is 0.478 e. The molecule has 0 aromatic carbocycles. The SMILES string of the molecule is CCn1ncc(NC(=O)Cn2cc(C(=O)O)cn2)c1C(=O)Nc1cnn(C)c1C. The van der Waals surface area contributed by atoms with Crippen molar-refractivity contribution in [2.75, 3.05) is 10.6 Å². The van der Waals surface area contributed by atoms with E-state index in [1.165, 1.54) is 28.0 Å². The van der Waals surface area contributed by atoms with Crippen LogP contribution in [0.2, 0.25) is 0 Å². The van der Waals surface area contributed by atoms with Gasteiger partial charge in [0.1, 0.15) is 12.2 Å². The van der Waals surface area contributed by atoms with Gasteiger partial charge in [-0.3, -0.25) is 23.6 Å². The molecule has 0 unspecified atom stereocenters. The molecule has 0 fully saturated rings. The molecule has 29 heavy (non-hydrogen) atoms. The molecule has 12 nitrogen and oxygen atoms in total. The zero-order valence-electron chi connectivity index (χ0n) is 16.1. The van der Waals surface area contributed by atoms with Crippen molar-refractivity contribution in [3.63, 3.8) is 0 Å². The molecule has 12 heteroatoms. The average Bonchev–Trinajstić information content (AvgIpc) is 3.37. The molecule has 2 amide bonds. The number of aromatic carboxylic acids is 1. The van der Waals surface area contributed by atoms with Crippen LogP contribution in [0.3, 0.4) is 0 Å². The first-order chi connectivity index (χ1) is 13.8. The maximum Gasteiger partial charge on any atom is 0.338 e. The minimum Gasteiger partial charge on any atom is -0.478 e. The number of hydrogen-bond donors (Lipinski definition) is 3. The van der Waals surface area contributed by atoms with Gasteiger partial charge in [-0.25, -0.2) is 4.79 Å². The molecule has 3 aromatic heterocycles. The molecular weight excluding hydrogens is 380 g/mol. The van der Waals surface area contributed by atoms with Gasteiger partial charge in [-0.1, -0.05) is 0 Å². The third-order valence-electron chi connectivity index (χ3n) is 4.30. The van der Waals surface area contributed by atoms with Crippen LogP contribution in [0, 0.1) is 6.92 Å². The second-order valence-electron chi connectivity index (χ2n) is 6.22. The molecule has 3 N–H and O–H groups in total. The highest BCUT2D eigenvalue weighted by Gasteiger charge is 2.21. The minimum atomic E-state index is -1.13. The maximum atomic E-state index is 12.8. The van der Waals surface area contributed by atoms with Crippen LogP contribution in [0.15, 0.2) is 24.8 Å². The number of amides is 2. The molecule has 0 saturated carbocycles. The first-order valence-corrected chi connectivity index (χ1v) is 8.71. The molecule has 152 valence electrons. The molecule has 0 aliphatic rings. The van der Waals surface area contributed by atoms with Gasteiger partial charge in [0.15, 0.2) is 0 Å². The molecule has 0 aliphatic carbocycles. The van der Waals surface area contributed by atoms with Crippen molar-refractivity contribution >= 4 is 29.2 Å². The predicted molar refractivity (Wildman–Crippen MR) is 102 cm³/mol. The third kappa shape index (κ3) is 4.15. The smallest absolute Gasteiger partial charge is 0.338 e. The number of anilines is 2. The summed E-state index contributed by atoms with van der Waals surface area (Å²) in [4.78, 5) is 36.1. The van der Waals surface area contributed by atoms with E-state index in [0.29, 0.717) is 12.2 Å². The highest BCUT2D eigenvalue weighted by atomic mass is 16.4. The molecule has 3 aromatic rings. The van der Waals surface area contributed by atoms with Gasteiger partial charge in [-0.2, -0.15) is 15.3 Å². The lowest BCUT2D eigenvalue weighted by molar-refractivity contribution is -0.116. The van der Waals surface area contributed by atoms with Gasteiger partial charge in [0, 0.05) is 19.8 Å². The van der Waals surface area contributed by atoms with E-state index in [9.17, 15) is 14.4 Å². The van der Waals surface area contributed by atoms with Crippen LogP contribution < -0.4 is 10.6 Å². The lowest BCUT2D eigenvalue weighted by atomic mass is 10.3. The summed E-state index contributed by atoms with van der Waals surface area (Å²) in [6.45, 7) is 3.85. The highest BCUT2D eigenvalue weighted by Crippen LogP contribution is 2.19. The molecular formula is C17H20N8O4. The number of nitrogens with zero attached hydrogens (tertiary/aromatic N) is 6. The Morgan fingerprint density at radius 1 is 1.07 bits per heavy atom. The van der Waals surface area contributed by atoms with Crippen LogP contribution in [0.5, 0.6) is 0 Å². The zero-order chi connectivity index (χ0) is 21.1. The number of carboxylic acid groups (broad SMARTS) is 1. The Hall–Kier alpha value is -3.96. The molecule has 0 bridgehead atoms. The number of nitrogens with one attached hydrogen (secondary N) is 2. The summed E-state index contributed by atoms with van der Waals surface area (Å²) in [5.41, 5.74) is 1.73. The van der Waals surface area contributed by atoms with Gasteiger partial charge in [-0.15, -0.1) is 0 Å².